The topological polar surface area (TPSA) is 83.9 Å². The number of amides is 1. The molecule has 0 aliphatic rings. The molecule has 2 heterocycles. The highest BCUT2D eigenvalue weighted by Crippen LogP contribution is 2.24. The number of rotatable bonds is 8. The molecule has 0 spiro atoms. The maximum Gasteiger partial charge on any atom is 0.258 e. The number of hydrogen-bond donors (Lipinski definition) is 1. The van der Waals surface area contributed by atoms with E-state index >= 15 is 0 Å². The maximum absolute atomic E-state index is 13.1. The van der Waals surface area contributed by atoms with E-state index in [1.165, 1.54) is 22.9 Å². The molecule has 0 atom stereocenters. The van der Waals surface area contributed by atoms with E-state index in [-0.39, 0.29) is 23.8 Å². The van der Waals surface area contributed by atoms with Gasteiger partial charge in [-0.15, -0.1) is 0 Å². The van der Waals surface area contributed by atoms with Crippen molar-refractivity contribution in [2.75, 3.05) is 12.3 Å². The van der Waals surface area contributed by atoms with Gasteiger partial charge < -0.3 is 9.88 Å². The summed E-state index contributed by atoms with van der Waals surface area (Å²) < 4.78 is 2.01. The second kappa shape index (κ2) is 10.4. The van der Waals surface area contributed by atoms with E-state index in [0.29, 0.717) is 28.3 Å². The summed E-state index contributed by atoms with van der Waals surface area (Å²) >= 11 is 7.46. The van der Waals surface area contributed by atoms with Crippen LogP contribution in [0.1, 0.15) is 30.3 Å². The van der Waals surface area contributed by atoms with Gasteiger partial charge in [0.2, 0.25) is 5.91 Å². The third-order valence-corrected chi connectivity index (χ3v) is 6.86. The van der Waals surface area contributed by atoms with Gasteiger partial charge in [-0.3, -0.25) is 14.2 Å². The molecule has 176 valence electrons. The number of nitrogens with zero attached hydrogens (tertiary/aromatic N) is 4. The first-order valence-electron chi connectivity index (χ1n) is 11.1. The van der Waals surface area contributed by atoms with Crippen molar-refractivity contribution in [1.82, 2.24) is 24.4 Å². The standard InChI is InChI=1S/C25H26ClN5O2S/c1-4-11-30(14-22-28-20-13-18(26)8-9-19(20)24(33)29-22)23(32)15-34-25-27-10-12-31(25)21-7-5-6-16(2)17(21)3/h5-10,12-13H,4,11,14-15H2,1-3H3,(H,28,29,33). The number of halogens is 1. The fourth-order valence-electron chi connectivity index (χ4n) is 3.77. The number of fused-ring (bicyclic) bond motifs is 1. The van der Waals surface area contributed by atoms with Crippen molar-refractivity contribution in [1.29, 1.82) is 0 Å². The van der Waals surface area contributed by atoms with Gasteiger partial charge in [-0.1, -0.05) is 42.4 Å². The van der Waals surface area contributed by atoms with Crippen LogP contribution in [-0.4, -0.2) is 42.6 Å². The minimum atomic E-state index is -0.245. The zero-order valence-electron chi connectivity index (χ0n) is 19.3. The Morgan fingerprint density at radius 2 is 2.06 bits per heavy atom. The molecule has 0 aliphatic heterocycles. The SMILES string of the molecule is CCCN(Cc1nc2cc(Cl)ccc2c(=O)[nH]1)C(=O)CSc1nccn1-c1cccc(C)c1C. The second-order valence-corrected chi connectivity index (χ2v) is 9.46. The third kappa shape index (κ3) is 5.18. The molecule has 7 nitrogen and oxygen atoms in total. The number of carbonyl (C=O) groups is 1. The van der Waals surface area contributed by atoms with Gasteiger partial charge in [0.25, 0.3) is 5.56 Å². The average Bonchev–Trinajstić information content (AvgIpc) is 3.27. The van der Waals surface area contributed by atoms with Gasteiger partial charge >= 0.3 is 0 Å². The molecule has 0 aliphatic carbocycles. The van der Waals surface area contributed by atoms with Crippen LogP contribution in [0.4, 0.5) is 0 Å². The fourth-order valence-corrected chi connectivity index (χ4v) is 4.81. The van der Waals surface area contributed by atoms with Crippen LogP contribution < -0.4 is 5.56 Å². The number of thioether (sulfide) groups is 1. The first-order chi connectivity index (χ1) is 16.4. The zero-order chi connectivity index (χ0) is 24.2. The molecule has 34 heavy (non-hydrogen) atoms. The second-order valence-electron chi connectivity index (χ2n) is 8.08. The Kier molecular flexibility index (Phi) is 7.38. The molecular formula is C25H26ClN5O2S. The predicted molar refractivity (Wildman–Crippen MR) is 137 cm³/mol. The monoisotopic (exact) mass is 495 g/mol. The number of imidazole rings is 1. The van der Waals surface area contributed by atoms with Crippen LogP contribution >= 0.6 is 23.4 Å². The summed E-state index contributed by atoms with van der Waals surface area (Å²) in [6.07, 6.45) is 4.44. The number of H-pyrrole nitrogens is 1. The molecule has 9 heteroatoms. The van der Waals surface area contributed by atoms with Gasteiger partial charge in [0, 0.05) is 24.0 Å². The lowest BCUT2D eigenvalue weighted by Crippen LogP contribution is -2.34. The Morgan fingerprint density at radius 3 is 2.85 bits per heavy atom. The lowest BCUT2D eigenvalue weighted by molar-refractivity contribution is -0.129. The molecule has 0 saturated carbocycles. The van der Waals surface area contributed by atoms with Crippen molar-refractivity contribution in [2.45, 2.75) is 38.9 Å². The van der Waals surface area contributed by atoms with Gasteiger partial charge in [0.15, 0.2) is 5.16 Å². The number of benzene rings is 2. The van der Waals surface area contributed by atoms with Crippen LogP contribution in [0.2, 0.25) is 5.02 Å². The van der Waals surface area contributed by atoms with Crippen LogP contribution in [0.5, 0.6) is 0 Å². The molecule has 2 aromatic heterocycles. The molecule has 0 bridgehead atoms. The van der Waals surface area contributed by atoms with Gasteiger partial charge in [-0.2, -0.15) is 0 Å². The molecule has 2 aromatic carbocycles. The first-order valence-corrected chi connectivity index (χ1v) is 12.4. The van der Waals surface area contributed by atoms with E-state index in [1.54, 1.807) is 29.3 Å². The number of hydrogen-bond acceptors (Lipinski definition) is 5. The predicted octanol–water partition coefficient (Wildman–Crippen LogP) is 4.91. The van der Waals surface area contributed by atoms with E-state index in [2.05, 4.69) is 34.9 Å². The van der Waals surface area contributed by atoms with Gasteiger partial charge in [-0.25, -0.2) is 9.97 Å². The summed E-state index contributed by atoms with van der Waals surface area (Å²) in [6.45, 7) is 6.95. The Morgan fingerprint density at radius 1 is 1.24 bits per heavy atom. The average molecular weight is 496 g/mol. The largest absolute Gasteiger partial charge is 0.335 e. The smallest absolute Gasteiger partial charge is 0.258 e. The van der Waals surface area contributed by atoms with Crippen molar-refractivity contribution in [3.63, 3.8) is 0 Å². The molecule has 1 N–H and O–H groups in total. The molecule has 4 rings (SSSR count). The number of carbonyl (C=O) groups excluding carboxylic acids is 1. The highest BCUT2D eigenvalue weighted by molar-refractivity contribution is 7.99. The minimum absolute atomic E-state index is 0.0452. The van der Waals surface area contributed by atoms with Crippen molar-refractivity contribution in [3.05, 3.63) is 81.1 Å². The van der Waals surface area contributed by atoms with Crippen molar-refractivity contribution in [2.24, 2.45) is 0 Å². The van der Waals surface area contributed by atoms with E-state index in [9.17, 15) is 9.59 Å². The van der Waals surface area contributed by atoms with Crippen LogP contribution in [0.15, 0.2) is 58.7 Å². The Labute approximate surface area is 207 Å². The van der Waals surface area contributed by atoms with Crippen molar-refractivity contribution >= 4 is 40.2 Å². The van der Waals surface area contributed by atoms with Crippen LogP contribution in [-0.2, 0) is 11.3 Å². The number of aromatic amines is 1. The summed E-state index contributed by atoms with van der Waals surface area (Å²) in [6, 6.07) is 11.1. The maximum atomic E-state index is 13.1. The molecular weight excluding hydrogens is 470 g/mol. The third-order valence-electron chi connectivity index (χ3n) is 5.67. The summed E-state index contributed by atoms with van der Waals surface area (Å²) in [5.41, 5.74) is 3.69. The first kappa shape index (κ1) is 24.0. The van der Waals surface area contributed by atoms with Crippen LogP contribution in [0.3, 0.4) is 0 Å². The van der Waals surface area contributed by atoms with E-state index in [0.717, 1.165) is 17.3 Å². The van der Waals surface area contributed by atoms with Crippen molar-refractivity contribution in [3.8, 4) is 5.69 Å². The van der Waals surface area contributed by atoms with Gasteiger partial charge in [0.05, 0.1) is 28.9 Å². The summed E-state index contributed by atoms with van der Waals surface area (Å²) in [5.74, 6) is 0.616. The molecule has 4 aromatic rings. The highest BCUT2D eigenvalue weighted by atomic mass is 35.5. The number of aryl methyl sites for hydroxylation is 1. The molecule has 0 unspecified atom stereocenters. The molecule has 0 saturated heterocycles. The lowest BCUT2D eigenvalue weighted by Gasteiger charge is -2.21. The quantitative estimate of drug-likeness (QED) is 0.351. The van der Waals surface area contributed by atoms with E-state index < -0.39 is 0 Å². The number of nitrogens with one attached hydrogen (secondary N) is 1. The zero-order valence-corrected chi connectivity index (χ0v) is 20.9. The van der Waals surface area contributed by atoms with Gasteiger partial charge in [0.1, 0.15) is 5.82 Å². The van der Waals surface area contributed by atoms with Crippen LogP contribution in [0, 0.1) is 13.8 Å². The lowest BCUT2D eigenvalue weighted by atomic mass is 10.1. The van der Waals surface area contributed by atoms with E-state index in [1.807, 2.05) is 29.8 Å². The molecule has 0 radical (unpaired) electrons. The summed E-state index contributed by atoms with van der Waals surface area (Å²) in [4.78, 5) is 39.1. The Bertz CT molecular complexity index is 1400. The van der Waals surface area contributed by atoms with E-state index in [4.69, 9.17) is 11.6 Å². The molecule has 1 amide bonds. The Balaban J connectivity index is 1.51. The summed E-state index contributed by atoms with van der Waals surface area (Å²) in [5, 5.41) is 1.73. The number of aromatic nitrogens is 4. The molecule has 0 fully saturated rings. The van der Waals surface area contributed by atoms with Crippen molar-refractivity contribution < 1.29 is 4.79 Å². The fraction of sp³-hybridized carbons (Fsp3) is 0.280. The summed E-state index contributed by atoms with van der Waals surface area (Å²) in [7, 11) is 0. The highest BCUT2D eigenvalue weighted by Gasteiger charge is 2.18. The normalized spacial score (nSPS) is 11.2. The minimum Gasteiger partial charge on any atom is -0.335 e. The van der Waals surface area contributed by atoms with Gasteiger partial charge in [-0.05, 0) is 55.7 Å². The Hall–Kier alpha value is -3.10. The van der Waals surface area contributed by atoms with Crippen LogP contribution in [0.25, 0.3) is 16.6 Å².